The number of halogens is 1. The van der Waals surface area contributed by atoms with E-state index in [2.05, 4.69) is 41.7 Å². The maximum Gasteiger partial charge on any atom is 0.332 e. The molecule has 21 heavy (non-hydrogen) atoms. The Balaban J connectivity index is 2.24. The largest absolute Gasteiger partial charge is 0.469 e. The molecule has 1 aliphatic rings. The second kappa shape index (κ2) is 6.73. The molecule has 1 aromatic heterocycles. The second-order valence-corrected chi connectivity index (χ2v) is 7.13. The molecule has 0 radical (unpaired) electrons. The van der Waals surface area contributed by atoms with Crippen LogP contribution in [-0.2, 0) is 0 Å². The van der Waals surface area contributed by atoms with E-state index in [0.29, 0.717) is 22.2 Å². The molecule has 3 atom stereocenters. The molecule has 1 aliphatic carbocycles. The fraction of sp³-hybridized carbons (Fsp3) is 0.667. The van der Waals surface area contributed by atoms with Crippen LogP contribution in [0.15, 0.2) is 16.7 Å². The van der Waals surface area contributed by atoms with Crippen molar-refractivity contribution in [2.45, 2.75) is 46.1 Å². The maximum atomic E-state index is 11.2. The van der Waals surface area contributed by atoms with Gasteiger partial charge in [0.05, 0.1) is 4.92 Å². The van der Waals surface area contributed by atoms with Gasteiger partial charge in [0.2, 0.25) is 0 Å². The van der Waals surface area contributed by atoms with Crippen LogP contribution in [0.4, 0.5) is 5.69 Å². The summed E-state index contributed by atoms with van der Waals surface area (Å²) in [6.07, 6.45) is 4.77. The summed E-state index contributed by atoms with van der Waals surface area (Å²) in [7, 11) is 0. The van der Waals surface area contributed by atoms with E-state index >= 15 is 0 Å². The standard InChI is InChI=1S/C15H21BrN2O3/c1-9(2)12-5-4-10(3)6-14(12)21-15-13(18(19)20)7-11(16)8-17-15/h7-10,12,14H,4-6H2,1-3H3. The Morgan fingerprint density at radius 2 is 2.19 bits per heavy atom. The van der Waals surface area contributed by atoms with Crippen LogP contribution in [-0.4, -0.2) is 16.0 Å². The van der Waals surface area contributed by atoms with Gasteiger partial charge in [-0.05, 0) is 46.5 Å². The van der Waals surface area contributed by atoms with Gasteiger partial charge in [-0.3, -0.25) is 10.1 Å². The number of aromatic nitrogens is 1. The molecule has 0 amide bonds. The molecule has 0 saturated heterocycles. The molecule has 1 aromatic rings. The van der Waals surface area contributed by atoms with Gasteiger partial charge in [-0.1, -0.05) is 27.2 Å². The fourth-order valence-electron chi connectivity index (χ4n) is 3.03. The van der Waals surface area contributed by atoms with Crippen LogP contribution in [0.5, 0.6) is 5.88 Å². The van der Waals surface area contributed by atoms with E-state index in [0.717, 1.165) is 12.8 Å². The van der Waals surface area contributed by atoms with Crippen molar-refractivity contribution in [1.29, 1.82) is 0 Å². The van der Waals surface area contributed by atoms with E-state index < -0.39 is 4.92 Å². The molecule has 6 heteroatoms. The lowest BCUT2D eigenvalue weighted by Gasteiger charge is -2.36. The van der Waals surface area contributed by atoms with Crippen LogP contribution in [0, 0.1) is 27.9 Å². The van der Waals surface area contributed by atoms with Gasteiger partial charge in [0.15, 0.2) is 0 Å². The fourth-order valence-corrected chi connectivity index (χ4v) is 3.35. The highest BCUT2D eigenvalue weighted by Gasteiger charge is 2.34. The Hall–Kier alpha value is -1.17. The van der Waals surface area contributed by atoms with Gasteiger partial charge >= 0.3 is 5.69 Å². The van der Waals surface area contributed by atoms with Crippen LogP contribution < -0.4 is 4.74 Å². The Kier molecular flexibility index (Phi) is 5.19. The third-order valence-corrected chi connectivity index (χ3v) is 4.65. The predicted octanol–water partition coefficient (Wildman–Crippen LogP) is 4.59. The first-order valence-corrected chi connectivity index (χ1v) is 8.14. The lowest BCUT2D eigenvalue weighted by molar-refractivity contribution is -0.386. The highest BCUT2D eigenvalue weighted by molar-refractivity contribution is 9.10. The van der Waals surface area contributed by atoms with Crippen molar-refractivity contribution in [3.05, 3.63) is 26.9 Å². The van der Waals surface area contributed by atoms with Gasteiger partial charge in [0, 0.05) is 16.7 Å². The Bertz CT molecular complexity index is 522. The van der Waals surface area contributed by atoms with Gasteiger partial charge in [-0.15, -0.1) is 0 Å². The van der Waals surface area contributed by atoms with Crippen molar-refractivity contribution >= 4 is 21.6 Å². The number of nitro groups is 1. The average Bonchev–Trinajstić information content (AvgIpc) is 2.40. The highest BCUT2D eigenvalue weighted by Crippen LogP contribution is 2.37. The molecule has 0 aromatic carbocycles. The summed E-state index contributed by atoms with van der Waals surface area (Å²) in [6.45, 7) is 6.57. The van der Waals surface area contributed by atoms with Crippen molar-refractivity contribution in [1.82, 2.24) is 4.98 Å². The summed E-state index contributed by atoms with van der Waals surface area (Å²) in [5.74, 6) is 1.63. The minimum Gasteiger partial charge on any atom is -0.469 e. The van der Waals surface area contributed by atoms with Crippen molar-refractivity contribution in [2.75, 3.05) is 0 Å². The molecule has 0 bridgehead atoms. The van der Waals surface area contributed by atoms with E-state index in [1.54, 1.807) is 6.20 Å². The molecule has 1 saturated carbocycles. The quantitative estimate of drug-likeness (QED) is 0.584. The summed E-state index contributed by atoms with van der Waals surface area (Å²) >= 11 is 3.21. The van der Waals surface area contributed by atoms with Crippen LogP contribution in [0.25, 0.3) is 0 Å². The molecule has 3 unspecified atom stereocenters. The minimum absolute atomic E-state index is 0.00104. The number of hydrogen-bond donors (Lipinski definition) is 0. The number of nitrogens with zero attached hydrogens (tertiary/aromatic N) is 2. The van der Waals surface area contributed by atoms with Gasteiger partial charge in [0.1, 0.15) is 6.10 Å². The van der Waals surface area contributed by atoms with Crippen molar-refractivity contribution in [2.24, 2.45) is 17.8 Å². The molecular weight excluding hydrogens is 336 g/mol. The lowest BCUT2D eigenvalue weighted by atomic mass is 9.75. The monoisotopic (exact) mass is 356 g/mol. The zero-order valence-electron chi connectivity index (χ0n) is 12.6. The third kappa shape index (κ3) is 3.93. The first-order chi connectivity index (χ1) is 9.88. The van der Waals surface area contributed by atoms with Crippen LogP contribution >= 0.6 is 15.9 Å². The molecule has 0 N–H and O–H groups in total. The molecule has 0 aliphatic heterocycles. The first-order valence-electron chi connectivity index (χ1n) is 7.35. The summed E-state index contributed by atoms with van der Waals surface area (Å²) < 4.78 is 6.56. The summed E-state index contributed by atoms with van der Waals surface area (Å²) in [5, 5.41) is 11.2. The maximum absolute atomic E-state index is 11.2. The molecule has 1 fully saturated rings. The van der Waals surface area contributed by atoms with Crippen LogP contribution in [0.3, 0.4) is 0 Å². The van der Waals surface area contributed by atoms with Gasteiger partial charge in [0.25, 0.3) is 5.88 Å². The number of ether oxygens (including phenoxy) is 1. The Morgan fingerprint density at radius 3 is 2.81 bits per heavy atom. The minimum atomic E-state index is -0.441. The molecule has 1 heterocycles. The van der Waals surface area contributed by atoms with E-state index in [1.807, 2.05) is 0 Å². The van der Waals surface area contributed by atoms with Gasteiger partial charge in [-0.2, -0.15) is 0 Å². The van der Waals surface area contributed by atoms with E-state index in [-0.39, 0.29) is 17.7 Å². The molecule has 116 valence electrons. The highest BCUT2D eigenvalue weighted by atomic mass is 79.9. The van der Waals surface area contributed by atoms with Gasteiger partial charge < -0.3 is 4.74 Å². The van der Waals surface area contributed by atoms with E-state index in [4.69, 9.17) is 4.74 Å². The van der Waals surface area contributed by atoms with Gasteiger partial charge in [-0.25, -0.2) is 4.98 Å². The molecule has 5 nitrogen and oxygen atoms in total. The van der Waals surface area contributed by atoms with E-state index in [1.165, 1.54) is 12.5 Å². The zero-order chi connectivity index (χ0) is 15.6. The second-order valence-electron chi connectivity index (χ2n) is 6.22. The smallest absolute Gasteiger partial charge is 0.332 e. The number of hydrogen-bond acceptors (Lipinski definition) is 4. The Morgan fingerprint density at radius 1 is 1.48 bits per heavy atom. The lowest BCUT2D eigenvalue weighted by Crippen LogP contribution is -2.36. The summed E-state index contributed by atoms with van der Waals surface area (Å²) in [4.78, 5) is 14.8. The molecular formula is C15H21BrN2O3. The Labute approximate surface area is 133 Å². The average molecular weight is 357 g/mol. The topological polar surface area (TPSA) is 65.3 Å². The van der Waals surface area contributed by atoms with Crippen molar-refractivity contribution in [3.63, 3.8) is 0 Å². The SMILES string of the molecule is CC1CCC(C(C)C)C(Oc2ncc(Br)cc2[N+](=O)[O-])C1. The van der Waals surface area contributed by atoms with E-state index in [9.17, 15) is 10.1 Å². The third-order valence-electron chi connectivity index (χ3n) is 4.22. The predicted molar refractivity (Wildman–Crippen MR) is 84.4 cm³/mol. The van der Waals surface area contributed by atoms with Crippen LogP contribution in [0.2, 0.25) is 0 Å². The van der Waals surface area contributed by atoms with Crippen molar-refractivity contribution in [3.8, 4) is 5.88 Å². The first kappa shape index (κ1) is 16.2. The zero-order valence-corrected chi connectivity index (χ0v) is 14.2. The number of pyridine rings is 1. The molecule has 0 spiro atoms. The normalized spacial score (nSPS) is 25.9. The summed E-state index contributed by atoms with van der Waals surface area (Å²) in [6, 6.07) is 1.44. The number of rotatable bonds is 4. The molecule has 2 rings (SSSR count). The van der Waals surface area contributed by atoms with Crippen LogP contribution in [0.1, 0.15) is 40.0 Å². The summed E-state index contributed by atoms with van der Waals surface area (Å²) in [5.41, 5.74) is -0.0786. The van der Waals surface area contributed by atoms with Crippen molar-refractivity contribution < 1.29 is 9.66 Å².